The highest BCUT2D eigenvalue weighted by molar-refractivity contribution is 4.82. The molecule has 2 nitrogen and oxygen atoms in total. The van der Waals surface area contributed by atoms with E-state index in [-0.39, 0.29) is 13.2 Å². The summed E-state index contributed by atoms with van der Waals surface area (Å²) in [5.41, 5.74) is 0. The van der Waals surface area contributed by atoms with Crippen LogP contribution in [-0.2, 0) is 4.74 Å². The van der Waals surface area contributed by atoms with Gasteiger partial charge >= 0.3 is 6.36 Å². The van der Waals surface area contributed by atoms with E-state index in [2.05, 4.69) is 10.1 Å². The van der Waals surface area contributed by atoms with Crippen LogP contribution in [0.2, 0.25) is 0 Å². The zero-order valence-electron chi connectivity index (χ0n) is 7.53. The Labute approximate surface area is 75.4 Å². The normalized spacial score (nSPS) is 20.3. The molecule has 0 aliphatic heterocycles. The second kappa shape index (κ2) is 4.28. The van der Waals surface area contributed by atoms with E-state index in [0.717, 1.165) is 0 Å². The third-order valence-corrected chi connectivity index (χ3v) is 2.16. The first-order valence-corrected chi connectivity index (χ1v) is 4.43. The number of halogens is 3. The molecule has 13 heavy (non-hydrogen) atoms. The average molecular weight is 197 g/mol. The highest BCUT2D eigenvalue weighted by Crippen LogP contribution is 2.32. The van der Waals surface area contributed by atoms with Crippen molar-refractivity contribution in [3.63, 3.8) is 0 Å². The van der Waals surface area contributed by atoms with Gasteiger partial charge in [-0.2, -0.15) is 0 Å². The fourth-order valence-electron chi connectivity index (χ4n) is 1.22. The van der Waals surface area contributed by atoms with E-state index in [9.17, 15) is 13.2 Å². The van der Waals surface area contributed by atoms with Gasteiger partial charge < -0.3 is 5.32 Å². The molecule has 0 aromatic rings. The van der Waals surface area contributed by atoms with Crippen molar-refractivity contribution in [1.82, 2.24) is 5.32 Å². The summed E-state index contributed by atoms with van der Waals surface area (Å²) in [5, 5.41) is 2.99. The largest absolute Gasteiger partial charge is 0.522 e. The van der Waals surface area contributed by atoms with Gasteiger partial charge in [-0.25, -0.2) is 0 Å². The number of nitrogens with one attached hydrogen (secondary N) is 1. The molecule has 0 radical (unpaired) electrons. The van der Waals surface area contributed by atoms with Crippen LogP contribution >= 0.6 is 0 Å². The smallest absolute Gasteiger partial charge is 0.312 e. The number of hydrogen-bond donors (Lipinski definition) is 1. The summed E-state index contributed by atoms with van der Waals surface area (Å²) in [7, 11) is 0. The van der Waals surface area contributed by atoms with Crippen LogP contribution in [0.25, 0.3) is 0 Å². The van der Waals surface area contributed by atoms with Crippen LogP contribution in [0.5, 0.6) is 0 Å². The predicted octanol–water partition coefficient (Wildman–Crippen LogP) is 1.91. The van der Waals surface area contributed by atoms with Gasteiger partial charge in [-0.3, -0.25) is 4.74 Å². The summed E-state index contributed by atoms with van der Waals surface area (Å²) in [5.74, 6) is 0.658. The van der Waals surface area contributed by atoms with Crippen molar-refractivity contribution in [1.29, 1.82) is 0 Å². The molecule has 0 aromatic carbocycles. The SMILES string of the molecule is CC(NCCOC(F)(F)F)C1CC1. The van der Waals surface area contributed by atoms with Crippen molar-refractivity contribution in [3.8, 4) is 0 Å². The summed E-state index contributed by atoms with van der Waals surface area (Å²) in [6, 6.07) is 0.317. The summed E-state index contributed by atoms with van der Waals surface area (Å²) in [6.07, 6.45) is -2.12. The second-order valence-corrected chi connectivity index (χ2v) is 3.37. The van der Waals surface area contributed by atoms with E-state index in [4.69, 9.17) is 0 Å². The van der Waals surface area contributed by atoms with E-state index in [1.807, 2.05) is 6.92 Å². The lowest BCUT2D eigenvalue weighted by Gasteiger charge is -2.13. The van der Waals surface area contributed by atoms with Gasteiger partial charge in [0.15, 0.2) is 0 Å². The third kappa shape index (κ3) is 5.10. The van der Waals surface area contributed by atoms with Crippen molar-refractivity contribution in [2.24, 2.45) is 5.92 Å². The fraction of sp³-hybridized carbons (Fsp3) is 1.00. The molecule has 1 N–H and O–H groups in total. The molecule has 1 atom stereocenters. The zero-order valence-corrected chi connectivity index (χ0v) is 7.53. The first kappa shape index (κ1) is 10.8. The van der Waals surface area contributed by atoms with Gasteiger partial charge in [-0.1, -0.05) is 0 Å². The Kier molecular flexibility index (Phi) is 3.55. The minimum atomic E-state index is -4.50. The predicted molar refractivity (Wildman–Crippen MR) is 42.2 cm³/mol. The maximum Gasteiger partial charge on any atom is 0.522 e. The maximum absolute atomic E-state index is 11.5. The lowest BCUT2D eigenvalue weighted by molar-refractivity contribution is -0.323. The Balaban J connectivity index is 1.94. The molecule has 0 saturated heterocycles. The Morgan fingerprint density at radius 3 is 2.54 bits per heavy atom. The van der Waals surface area contributed by atoms with Gasteiger partial charge in [0, 0.05) is 12.6 Å². The Hall–Kier alpha value is -0.290. The van der Waals surface area contributed by atoms with Crippen LogP contribution < -0.4 is 5.32 Å². The van der Waals surface area contributed by atoms with E-state index < -0.39 is 6.36 Å². The Bertz CT molecular complexity index is 156. The van der Waals surface area contributed by atoms with Crippen LogP contribution in [0.4, 0.5) is 13.2 Å². The average Bonchev–Trinajstić information content (AvgIpc) is 2.77. The number of ether oxygens (including phenoxy) is 1. The zero-order chi connectivity index (χ0) is 9.90. The van der Waals surface area contributed by atoms with E-state index in [1.54, 1.807) is 0 Å². The first-order chi connectivity index (χ1) is 5.99. The van der Waals surface area contributed by atoms with E-state index >= 15 is 0 Å². The quantitative estimate of drug-likeness (QED) is 0.680. The van der Waals surface area contributed by atoms with Crippen molar-refractivity contribution in [3.05, 3.63) is 0 Å². The van der Waals surface area contributed by atoms with Crippen LogP contribution in [0.1, 0.15) is 19.8 Å². The minimum absolute atomic E-state index is 0.261. The molecule has 78 valence electrons. The minimum Gasteiger partial charge on any atom is -0.312 e. The Morgan fingerprint density at radius 2 is 2.08 bits per heavy atom. The van der Waals surface area contributed by atoms with Gasteiger partial charge in [-0.15, -0.1) is 13.2 Å². The van der Waals surface area contributed by atoms with Crippen molar-refractivity contribution >= 4 is 0 Å². The molecular formula is C8H14F3NO. The van der Waals surface area contributed by atoms with Crippen LogP contribution in [0.15, 0.2) is 0 Å². The monoisotopic (exact) mass is 197 g/mol. The number of hydrogen-bond acceptors (Lipinski definition) is 2. The summed E-state index contributed by atoms with van der Waals surface area (Å²) in [4.78, 5) is 0. The molecule has 0 spiro atoms. The highest BCUT2D eigenvalue weighted by Gasteiger charge is 2.30. The third-order valence-electron chi connectivity index (χ3n) is 2.16. The van der Waals surface area contributed by atoms with E-state index in [0.29, 0.717) is 12.0 Å². The van der Waals surface area contributed by atoms with Gasteiger partial charge in [0.2, 0.25) is 0 Å². The summed E-state index contributed by atoms with van der Waals surface area (Å²) >= 11 is 0. The van der Waals surface area contributed by atoms with Gasteiger partial charge in [0.1, 0.15) is 0 Å². The molecule has 0 bridgehead atoms. The van der Waals surface area contributed by atoms with Crippen molar-refractivity contribution < 1.29 is 17.9 Å². The highest BCUT2D eigenvalue weighted by atomic mass is 19.4. The molecule has 0 aromatic heterocycles. The first-order valence-electron chi connectivity index (χ1n) is 4.43. The summed E-state index contributed by atoms with van der Waals surface area (Å²) in [6.45, 7) is 1.95. The maximum atomic E-state index is 11.5. The van der Waals surface area contributed by atoms with E-state index in [1.165, 1.54) is 12.8 Å². The number of alkyl halides is 3. The molecule has 5 heteroatoms. The summed E-state index contributed by atoms with van der Waals surface area (Å²) < 4.78 is 38.1. The van der Waals surface area contributed by atoms with Crippen LogP contribution in [0, 0.1) is 5.92 Å². The van der Waals surface area contributed by atoms with Crippen LogP contribution in [0.3, 0.4) is 0 Å². The molecular weight excluding hydrogens is 183 g/mol. The fourth-order valence-corrected chi connectivity index (χ4v) is 1.22. The lowest BCUT2D eigenvalue weighted by Crippen LogP contribution is -2.32. The topological polar surface area (TPSA) is 21.3 Å². The van der Waals surface area contributed by atoms with Gasteiger partial charge in [0.05, 0.1) is 6.61 Å². The van der Waals surface area contributed by atoms with Gasteiger partial charge in [0.25, 0.3) is 0 Å². The van der Waals surface area contributed by atoms with Crippen LogP contribution in [-0.4, -0.2) is 25.6 Å². The molecule has 1 fully saturated rings. The molecule has 0 amide bonds. The second-order valence-electron chi connectivity index (χ2n) is 3.37. The number of rotatable bonds is 5. The lowest BCUT2D eigenvalue weighted by atomic mass is 10.2. The standard InChI is InChI=1S/C8H14F3NO/c1-6(7-2-3-7)12-4-5-13-8(9,10)11/h6-7,12H,2-5H2,1H3. The van der Waals surface area contributed by atoms with Crippen molar-refractivity contribution in [2.75, 3.05) is 13.2 Å². The van der Waals surface area contributed by atoms with Crippen molar-refractivity contribution in [2.45, 2.75) is 32.2 Å². The molecule has 1 saturated carbocycles. The molecule has 1 unspecified atom stereocenters. The molecule has 0 heterocycles. The van der Waals surface area contributed by atoms with Gasteiger partial charge in [-0.05, 0) is 25.7 Å². The molecule has 1 aliphatic carbocycles. The Morgan fingerprint density at radius 1 is 1.46 bits per heavy atom. The molecule has 1 aliphatic rings. The molecule has 1 rings (SSSR count).